The molecule has 0 saturated carbocycles. The Morgan fingerprint density at radius 3 is 1.59 bits per heavy atom. The van der Waals surface area contributed by atoms with Crippen molar-refractivity contribution in [3.05, 3.63) is 101 Å². The number of rotatable bonds is 47. The molecule has 0 bridgehead atoms. The topological polar surface area (TPSA) is 327 Å². The van der Waals surface area contributed by atoms with E-state index in [0.29, 0.717) is 187 Å². The number of hydrogen-bond acceptors (Lipinski definition) is 23. The van der Waals surface area contributed by atoms with Gasteiger partial charge in [-0.05, 0) is 77.4 Å². The number of carbonyl (C=O) groups excluding carboxylic acids is 8. The first-order valence-corrected chi connectivity index (χ1v) is 37.1. The number of Topliss-reactive ketones (excluding diaryl/α,β-unsaturated/α-hetero) is 1. The van der Waals surface area contributed by atoms with Gasteiger partial charge in [0.05, 0.1) is 154 Å². The lowest BCUT2D eigenvalue weighted by atomic mass is 9.92. The summed E-state index contributed by atoms with van der Waals surface area (Å²) in [5.41, 5.74) is 5.90. The molecule has 6 aliphatic rings. The number of ketones is 1. The van der Waals surface area contributed by atoms with Crippen molar-refractivity contribution >= 4 is 87.8 Å². The molecule has 29 heteroatoms. The minimum Gasteiger partial charge on any atom is -0.493 e. The monoisotopic (exact) mass is 1510 g/mol. The summed E-state index contributed by atoms with van der Waals surface area (Å²) in [6.07, 6.45) is 11.4. The van der Waals surface area contributed by atoms with Crippen LogP contribution in [-0.2, 0) is 61.9 Å². The highest BCUT2D eigenvalue weighted by Gasteiger charge is 2.38. The molecule has 0 aromatic heterocycles. The molecule has 590 valence electrons. The normalized spacial score (nSPS) is 17.2. The summed E-state index contributed by atoms with van der Waals surface area (Å²) < 4.78 is 73.7. The molecule has 4 aromatic carbocycles. The van der Waals surface area contributed by atoms with Crippen LogP contribution in [0.15, 0.2) is 89.1 Å². The second kappa shape index (κ2) is 42.4. The van der Waals surface area contributed by atoms with Crippen molar-refractivity contribution in [1.82, 2.24) is 25.3 Å². The Labute approximate surface area is 636 Å². The average molecular weight is 1510 g/mol. The summed E-state index contributed by atoms with van der Waals surface area (Å²) in [6.45, 7) is 14.0. The molecule has 6 heterocycles. The van der Waals surface area contributed by atoms with Crippen molar-refractivity contribution in [2.75, 3.05) is 145 Å². The molecular formula is C80H104N8O21. The summed E-state index contributed by atoms with van der Waals surface area (Å²) in [7, 11) is 3.03. The van der Waals surface area contributed by atoms with Crippen LogP contribution in [0, 0.1) is 17.8 Å². The van der Waals surface area contributed by atoms with Gasteiger partial charge in [-0.25, -0.2) is 0 Å². The predicted octanol–water partition coefficient (Wildman–Crippen LogP) is 9.11. The van der Waals surface area contributed by atoms with Gasteiger partial charge in [-0.1, -0.05) is 59.7 Å². The lowest BCUT2D eigenvalue weighted by Crippen LogP contribution is -2.45. The molecule has 1 fully saturated rings. The summed E-state index contributed by atoms with van der Waals surface area (Å²) in [5, 5.41) is 8.55. The smallest absolute Gasteiger partial charge is 0.260 e. The molecular weight excluding hydrogens is 1410 g/mol. The first kappa shape index (κ1) is 83.4. The van der Waals surface area contributed by atoms with Crippen LogP contribution in [0.2, 0.25) is 0 Å². The van der Waals surface area contributed by atoms with Crippen molar-refractivity contribution in [3.8, 4) is 34.5 Å². The summed E-state index contributed by atoms with van der Waals surface area (Å²) in [5.74, 6) is -0.141. The summed E-state index contributed by atoms with van der Waals surface area (Å²) in [4.78, 5) is 118. The minimum absolute atomic E-state index is 0. The van der Waals surface area contributed by atoms with E-state index in [4.69, 9.17) is 71.6 Å². The minimum atomic E-state index is -0.737. The van der Waals surface area contributed by atoms with Gasteiger partial charge in [0.2, 0.25) is 36.3 Å². The summed E-state index contributed by atoms with van der Waals surface area (Å²) in [6, 6.07) is 18.4. The Balaban J connectivity index is 0.0000137. The molecule has 10 rings (SSSR count). The quantitative estimate of drug-likeness (QED) is 0.0274. The van der Waals surface area contributed by atoms with Crippen LogP contribution in [0.25, 0.3) is 11.1 Å². The number of anilines is 1. The second-order valence-electron chi connectivity index (χ2n) is 27.1. The van der Waals surface area contributed by atoms with Gasteiger partial charge in [-0.3, -0.25) is 53.2 Å². The molecule has 109 heavy (non-hydrogen) atoms. The van der Waals surface area contributed by atoms with Crippen molar-refractivity contribution in [2.45, 2.75) is 117 Å². The molecule has 3 N–H and O–H groups in total. The standard InChI is InChI=1S/C79H100N8O21.CH4/c1-51(2)75(84-73(90)11-8-7-9-21-98-25-27-100-29-31-102-33-35-104-36-34-103-32-30-101-28-26-99-24-19-80-72(89)18-20-85-74(91)38-53(4)77(85)93)65(88)37-52(3)76(92)83-58-15-12-54(13-16-58)56-39-59-46-81-63-44-70(67(96-5)42-61(63)78(94)86(59)48-56)105-22-10-23-106-71-45-64-62(43-68(71)97-6)79(95)87-49-57(40-60(87)47-82-64)55-14-17-66-69(41-55)108-50-107-66;/h12-17,41-49,51-53,59-60,75H,7-11,18-40,50H2,1-6H3,(H,80,89)(H,83,92)(H,84,90);1H4/t52-,53?,59+,60+,75?;/m1./s1. The van der Waals surface area contributed by atoms with Gasteiger partial charge in [0.15, 0.2) is 40.3 Å². The third-order valence-corrected chi connectivity index (χ3v) is 18.8. The third kappa shape index (κ3) is 23.7. The first-order valence-electron chi connectivity index (χ1n) is 37.1. The molecule has 5 atom stereocenters. The van der Waals surface area contributed by atoms with Gasteiger partial charge >= 0.3 is 0 Å². The SMILES string of the molecule is C.COc1cc2c(cc1OCCCOc1cc3c(cc1OC)C(=O)N1C=C(c4ccc5c(c4)OCO5)C[C@H]1C=N3)N=C[C@@H]1CC(c3ccc(NC(=O)[C@H](C)CC(=O)C(NC(=O)CCCCCOCCOCCOCCOCCOCCOCCOCCNC(=O)CCN4C(=O)CC(C)C4=O)C(C)C)cc3)=CN1C2=O. The number of amides is 7. The Morgan fingerprint density at radius 1 is 0.550 bits per heavy atom. The van der Waals surface area contributed by atoms with Crippen molar-refractivity contribution < 1.29 is 99.9 Å². The van der Waals surface area contributed by atoms with Gasteiger partial charge < -0.3 is 87.3 Å². The van der Waals surface area contributed by atoms with Crippen molar-refractivity contribution in [3.63, 3.8) is 0 Å². The fraction of sp³-hybridized carbons (Fsp3) is 0.525. The highest BCUT2D eigenvalue weighted by atomic mass is 16.7. The van der Waals surface area contributed by atoms with Crippen LogP contribution >= 0.6 is 0 Å². The van der Waals surface area contributed by atoms with Crippen LogP contribution in [-0.4, -0.2) is 232 Å². The number of methoxy groups -OCH3 is 2. The molecule has 0 aliphatic carbocycles. The fourth-order valence-corrected chi connectivity index (χ4v) is 12.8. The van der Waals surface area contributed by atoms with E-state index in [0.717, 1.165) is 40.0 Å². The molecule has 29 nitrogen and oxygen atoms in total. The van der Waals surface area contributed by atoms with E-state index < -0.39 is 12.0 Å². The van der Waals surface area contributed by atoms with Crippen molar-refractivity contribution in [1.29, 1.82) is 0 Å². The molecule has 6 aliphatic heterocycles. The van der Waals surface area contributed by atoms with Gasteiger partial charge in [0.25, 0.3) is 11.8 Å². The van der Waals surface area contributed by atoms with E-state index in [-0.39, 0.29) is 131 Å². The van der Waals surface area contributed by atoms with E-state index in [1.165, 1.54) is 14.2 Å². The van der Waals surface area contributed by atoms with Gasteiger partial charge in [0.1, 0.15) is 0 Å². The fourth-order valence-electron chi connectivity index (χ4n) is 12.8. The first-order chi connectivity index (χ1) is 52.5. The van der Waals surface area contributed by atoms with E-state index in [1.54, 1.807) is 72.5 Å². The Kier molecular flexibility index (Phi) is 32.4. The van der Waals surface area contributed by atoms with Crippen LogP contribution in [0.3, 0.4) is 0 Å². The molecule has 7 amide bonds. The van der Waals surface area contributed by atoms with Crippen LogP contribution in [0.5, 0.6) is 34.5 Å². The largest absolute Gasteiger partial charge is 0.493 e. The Bertz CT molecular complexity index is 3920. The van der Waals surface area contributed by atoms with Crippen LogP contribution < -0.4 is 44.4 Å². The number of aliphatic imine (C=N–C) groups is 2. The average Bonchev–Trinajstić information content (AvgIpc) is 1.76. The maximum atomic E-state index is 14.2. The maximum absolute atomic E-state index is 14.2. The number of unbranched alkanes of at least 4 members (excludes halogenated alkanes) is 2. The number of benzene rings is 4. The number of carbonyl (C=O) groups is 8. The van der Waals surface area contributed by atoms with Gasteiger partial charge in [-0.15, -0.1) is 0 Å². The van der Waals surface area contributed by atoms with E-state index in [1.807, 2.05) is 56.6 Å². The number of hydrogen-bond donors (Lipinski definition) is 3. The zero-order valence-corrected chi connectivity index (χ0v) is 62.4. The number of imide groups is 1. The number of likely N-dealkylation sites (tertiary alicyclic amines) is 1. The van der Waals surface area contributed by atoms with Crippen LogP contribution in [0.4, 0.5) is 17.1 Å². The number of fused-ring (bicyclic) bond motifs is 5. The zero-order chi connectivity index (χ0) is 76.3. The molecule has 2 unspecified atom stereocenters. The zero-order valence-electron chi connectivity index (χ0n) is 62.4. The van der Waals surface area contributed by atoms with E-state index in [2.05, 4.69) is 16.0 Å². The Hall–Kier alpha value is -9.62. The van der Waals surface area contributed by atoms with Crippen molar-refractivity contribution in [2.24, 2.45) is 27.7 Å². The number of nitrogens with zero attached hydrogens (tertiary/aromatic N) is 5. The lowest BCUT2D eigenvalue weighted by molar-refractivity contribution is -0.139. The van der Waals surface area contributed by atoms with Gasteiger partial charge in [-0.2, -0.15) is 0 Å². The van der Waals surface area contributed by atoms with Gasteiger partial charge in [0, 0.05) is 119 Å². The van der Waals surface area contributed by atoms with E-state index >= 15 is 0 Å². The summed E-state index contributed by atoms with van der Waals surface area (Å²) >= 11 is 0. The molecule has 0 spiro atoms. The highest BCUT2D eigenvalue weighted by molar-refractivity contribution is 6.07. The molecule has 4 aromatic rings. The third-order valence-electron chi connectivity index (χ3n) is 18.8. The molecule has 0 radical (unpaired) electrons. The second-order valence-corrected chi connectivity index (χ2v) is 27.1. The molecule has 1 saturated heterocycles. The predicted molar refractivity (Wildman–Crippen MR) is 405 cm³/mol. The highest BCUT2D eigenvalue weighted by Crippen LogP contribution is 2.43. The number of nitrogens with one attached hydrogen (secondary N) is 3. The maximum Gasteiger partial charge on any atom is 0.260 e. The Morgan fingerprint density at radius 2 is 1.06 bits per heavy atom. The van der Waals surface area contributed by atoms with Crippen LogP contribution in [0.1, 0.15) is 131 Å². The van der Waals surface area contributed by atoms with E-state index in [9.17, 15) is 38.4 Å². The lowest BCUT2D eigenvalue weighted by Gasteiger charge is -2.23. The number of ether oxygens (including phenoxy) is 13.